The van der Waals surface area contributed by atoms with Crippen molar-refractivity contribution in [2.75, 3.05) is 6.54 Å². The molecule has 0 atom stereocenters. The molecule has 1 nitrogen and oxygen atoms in total. The molecule has 54 valence electrons. The highest BCUT2D eigenvalue weighted by Crippen LogP contribution is 1.90. The Morgan fingerprint density at radius 1 is 1.56 bits per heavy atom. The maximum Gasteiger partial charge on any atom is 0.116 e. The van der Waals surface area contributed by atoms with Gasteiger partial charge in [-0.25, -0.2) is 0 Å². The smallest absolute Gasteiger partial charge is 0.116 e. The normalized spacial score (nSPS) is 12.9. The van der Waals surface area contributed by atoms with Crippen molar-refractivity contribution in [2.24, 2.45) is 5.92 Å². The van der Waals surface area contributed by atoms with Crippen LogP contribution in [-0.4, -0.2) is 16.2 Å². The molecular weight excluding hydrogens is 126 g/mol. The molecule has 0 amide bonds. The highest BCUT2D eigenvalue weighted by molar-refractivity contribution is 6.38. The molecule has 0 saturated heterocycles. The Labute approximate surface area is 60.4 Å². The fourth-order valence-corrected chi connectivity index (χ4v) is 1.70. The molecule has 0 aromatic heterocycles. The van der Waals surface area contributed by atoms with Crippen LogP contribution in [0.15, 0.2) is 11.8 Å². The third-order valence-corrected chi connectivity index (χ3v) is 2.33. The predicted molar refractivity (Wildman–Crippen MR) is 46.2 cm³/mol. The monoisotopic (exact) mass is 143 g/mol. The van der Waals surface area contributed by atoms with Gasteiger partial charge >= 0.3 is 0 Å². The number of hydrogen-bond donors (Lipinski definition) is 1. The van der Waals surface area contributed by atoms with Gasteiger partial charge in [0.25, 0.3) is 0 Å². The van der Waals surface area contributed by atoms with E-state index in [1.165, 1.54) is 0 Å². The van der Waals surface area contributed by atoms with Gasteiger partial charge in [0.1, 0.15) is 9.68 Å². The quantitative estimate of drug-likeness (QED) is 0.454. The molecule has 0 aliphatic carbocycles. The minimum Gasteiger partial charge on any atom is -0.339 e. The van der Waals surface area contributed by atoms with Crippen molar-refractivity contribution in [3.63, 3.8) is 0 Å². The molecule has 0 aromatic rings. The van der Waals surface area contributed by atoms with Crippen LogP contribution in [-0.2, 0) is 0 Å². The Morgan fingerprint density at radius 2 is 2.22 bits per heavy atom. The zero-order valence-corrected chi connectivity index (χ0v) is 8.06. The van der Waals surface area contributed by atoms with E-state index in [4.69, 9.17) is 0 Å². The summed E-state index contributed by atoms with van der Waals surface area (Å²) in [4.78, 5) is 3.36. The lowest BCUT2D eigenvalue weighted by atomic mass is 10.2. The van der Waals surface area contributed by atoms with Crippen LogP contribution in [0, 0.1) is 5.92 Å². The van der Waals surface area contributed by atoms with Crippen molar-refractivity contribution in [3.05, 3.63) is 11.8 Å². The zero-order chi connectivity index (χ0) is 7.11. The summed E-state index contributed by atoms with van der Waals surface area (Å²) in [6.07, 6.45) is 2.27. The maximum absolute atomic E-state index is 3.36. The van der Waals surface area contributed by atoms with Crippen LogP contribution in [0.1, 0.15) is 20.8 Å². The number of hydrogen-bond acceptors (Lipinski definition) is 1. The van der Waals surface area contributed by atoms with Crippen LogP contribution in [0.25, 0.3) is 0 Å². The van der Waals surface area contributed by atoms with Crippen LogP contribution in [0.3, 0.4) is 0 Å². The second kappa shape index (κ2) is 6.04. The molecule has 9 heavy (non-hydrogen) atoms. The van der Waals surface area contributed by atoms with Gasteiger partial charge in [-0.2, -0.15) is 0 Å². The summed E-state index contributed by atoms with van der Waals surface area (Å²) < 4.78 is 0. The first-order chi connectivity index (χ1) is 4.27. The highest BCUT2D eigenvalue weighted by atomic mass is 28.2. The third-order valence-electron chi connectivity index (χ3n) is 1.03. The minimum atomic E-state index is -0.0621. The van der Waals surface area contributed by atoms with E-state index >= 15 is 0 Å². The molecule has 0 aliphatic rings. The molecule has 0 heterocycles. The summed E-state index contributed by atoms with van der Waals surface area (Å²) in [5, 5.41) is 0. The van der Waals surface area contributed by atoms with Crippen LogP contribution in [0.4, 0.5) is 0 Å². The van der Waals surface area contributed by atoms with Crippen LogP contribution in [0.2, 0.25) is 0 Å². The van der Waals surface area contributed by atoms with E-state index in [1.807, 2.05) is 0 Å². The summed E-state index contributed by atoms with van der Waals surface area (Å²) in [6.45, 7) is 7.68. The Kier molecular flexibility index (Phi) is 5.99. The van der Waals surface area contributed by atoms with E-state index in [2.05, 4.69) is 37.5 Å². The van der Waals surface area contributed by atoms with Gasteiger partial charge in [-0.3, -0.25) is 0 Å². The van der Waals surface area contributed by atoms with E-state index in [0.717, 1.165) is 12.5 Å². The number of allylic oxidation sites excluding steroid dienone is 1. The molecule has 0 aromatic carbocycles. The van der Waals surface area contributed by atoms with E-state index in [9.17, 15) is 0 Å². The second-order valence-electron chi connectivity index (χ2n) is 2.48. The van der Waals surface area contributed by atoms with Crippen molar-refractivity contribution < 1.29 is 0 Å². The highest BCUT2D eigenvalue weighted by Gasteiger charge is 1.81. The molecule has 0 unspecified atom stereocenters. The second-order valence-corrected chi connectivity index (χ2v) is 3.86. The third kappa shape index (κ3) is 7.92. The summed E-state index contributed by atoms with van der Waals surface area (Å²) in [6, 6.07) is 0. The Balaban J connectivity index is 3.04. The topological polar surface area (TPSA) is 12.0 Å². The average molecular weight is 143 g/mol. The standard InChI is InChI=1S/C7H17NSi/c1-4-8-9-6-5-7(2)3/h5-8H,4,9H2,1-3H3. The SMILES string of the molecule is CCN[SiH2]C=CC(C)C. The first kappa shape index (κ1) is 8.92. The Hall–Kier alpha value is -0.0831. The first-order valence-electron chi connectivity index (χ1n) is 3.64. The molecule has 0 spiro atoms. The zero-order valence-electron chi connectivity index (χ0n) is 6.65. The van der Waals surface area contributed by atoms with Crippen molar-refractivity contribution >= 4 is 9.68 Å². The van der Waals surface area contributed by atoms with Crippen molar-refractivity contribution in [1.82, 2.24) is 4.98 Å². The van der Waals surface area contributed by atoms with Gasteiger partial charge in [0.15, 0.2) is 0 Å². The van der Waals surface area contributed by atoms with Gasteiger partial charge < -0.3 is 4.98 Å². The van der Waals surface area contributed by atoms with E-state index in [1.54, 1.807) is 0 Å². The van der Waals surface area contributed by atoms with Crippen LogP contribution < -0.4 is 4.98 Å². The van der Waals surface area contributed by atoms with Crippen molar-refractivity contribution in [2.45, 2.75) is 20.8 Å². The molecule has 0 rings (SSSR count). The van der Waals surface area contributed by atoms with Crippen LogP contribution in [0.5, 0.6) is 0 Å². The van der Waals surface area contributed by atoms with Crippen LogP contribution >= 0.6 is 0 Å². The molecule has 0 bridgehead atoms. The summed E-state index contributed by atoms with van der Waals surface area (Å²) in [5.41, 5.74) is 2.31. The molecule has 0 fully saturated rings. The Morgan fingerprint density at radius 3 is 2.67 bits per heavy atom. The molecule has 1 N–H and O–H groups in total. The maximum atomic E-state index is 3.36. The summed E-state index contributed by atoms with van der Waals surface area (Å²) in [7, 11) is -0.0621. The molecular formula is C7H17NSi. The predicted octanol–water partition coefficient (Wildman–Crippen LogP) is 0.849. The lowest BCUT2D eigenvalue weighted by molar-refractivity contribution is 0.832. The fraction of sp³-hybridized carbons (Fsp3) is 0.714. The van der Waals surface area contributed by atoms with Crippen molar-refractivity contribution in [1.29, 1.82) is 0 Å². The van der Waals surface area contributed by atoms with E-state index in [-0.39, 0.29) is 9.68 Å². The summed E-state index contributed by atoms with van der Waals surface area (Å²) in [5.74, 6) is 0.719. The van der Waals surface area contributed by atoms with Gasteiger partial charge in [0.2, 0.25) is 0 Å². The first-order valence-corrected chi connectivity index (χ1v) is 5.17. The lowest BCUT2D eigenvalue weighted by Gasteiger charge is -1.94. The lowest BCUT2D eigenvalue weighted by Crippen LogP contribution is -2.15. The largest absolute Gasteiger partial charge is 0.339 e. The fourth-order valence-electron chi connectivity index (χ4n) is 0.568. The molecule has 0 radical (unpaired) electrons. The summed E-state index contributed by atoms with van der Waals surface area (Å²) >= 11 is 0. The Bertz CT molecular complexity index is 79.0. The molecule has 0 aliphatic heterocycles. The van der Waals surface area contributed by atoms with E-state index in [0.29, 0.717) is 0 Å². The van der Waals surface area contributed by atoms with Gasteiger partial charge in [-0.15, -0.1) is 0 Å². The van der Waals surface area contributed by atoms with Gasteiger partial charge in [-0.05, 0) is 12.5 Å². The van der Waals surface area contributed by atoms with Crippen molar-refractivity contribution in [3.8, 4) is 0 Å². The number of nitrogens with one attached hydrogen (secondary N) is 1. The number of rotatable bonds is 4. The van der Waals surface area contributed by atoms with Gasteiger partial charge in [0, 0.05) is 0 Å². The van der Waals surface area contributed by atoms with Gasteiger partial charge in [-0.1, -0.05) is 32.5 Å². The minimum absolute atomic E-state index is 0.0621. The van der Waals surface area contributed by atoms with E-state index < -0.39 is 0 Å². The van der Waals surface area contributed by atoms with Gasteiger partial charge in [0.05, 0.1) is 0 Å². The average Bonchev–Trinajstić information content (AvgIpc) is 1.80. The molecule has 2 heteroatoms. The molecule has 0 saturated carbocycles.